The van der Waals surface area contributed by atoms with Gasteiger partial charge in [0.1, 0.15) is 11.5 Å². The van der Waals surface area contributed by atoms with Gasteiger partial charge in [-0.15, -0.1) is 5.10 Å². The molecule has 1 atom stereocenters. The number of halogens is 2. The number of hydrogen-bond donors (Lipinski definition) is 1. The number of pyridine rings is 1. The van der Waals surface area contributed by atoms with Crippen molar-refractivity contribution in [1.29, 1.82) is 0 Å². The molecule has 4 rings (SSSR count). The van der Waals surface area contributed by atoms with Crippen LogP contribution in [0.4, 0.5) is 20.4 Å². The highest BCUT2D eigenvalue weighted by atomic mass is 19.3. The minimum Gasteiger partial charge on any atom is -0.353 e. The van der Waals surface area contributed by atoms with Crippen molar-refractivity contribution < 1.29 is 13.6 Å². The zero-order valence-electron chi connectivity index (χ0n) is 19.2. The molecule has 4 heterocycles. The van der Waals surface area contributed by atoms with Gasteiger partial charge in [-0.25, -0.2) is 14.6 Å². The summed E-state index contributed by atoms with van der Waals surface area (Å²) < 4.78 is 29.3. The number of amides is 1. The summed E-state index contributed by atoms with van der Waals surface area (Å²) in [6, 6.07) is 2.08. The topological polar surface area (TPSA) is 92.1 Å². The van der Waals surface area contributed by atoms with Gasteiger partial charge in [-0.1, -0.05) is 13.8 Å². The highest BCUT2D eigenvalue weighted by Gasteiger charge is 2.31. The van der Waals surface area contributed by atoms with Crippen LogP contribution in [0.2, 0.25) is 0 Å². The maximum Gasteiger partial charge on any atom is 0.288 e. The average molecular weight is 459 g/mol. The summed E-state index contributed by atoms with van der Waals surface area (Å²) in [4.78, 5) is 28.6. The third-order valence-corrected chi connectivity index (χ3v) is 5.93. The Morgan fingerprint density at radius 3 is 2.70 bits per heavy atom. The van der Waals surface area contributed by atoms with Crippen LogP contribution in [0, 0.1) is 0 Å². The number of likely N-dealkylation sites (N-methyl/N-ethyl adjacent to an activating group) is 1. The number of rotatable bonds is 7. The molecule has 0 spiro atoms. The summed E-state index contributed by atoms with van der Waals surface area (Å²) in [5.74, 6) is -2.18. The van der Waals surface area contributed by atoms with Crippen LogP contribution in [0.5, 0.6) is 0 Å². The second-order valence-electron chi connectivity index (χ2n) is 8.26. The first-order chi connectivity index (χ1) is 15.7. The third-order valence-electron chi connectivity index (χ3n) is 5.93. The maximum absolute atomic E-state index is 13.9. The number of fused-ring (bicyclic) bond motifs is 1. The predicted molar refractivity (Wildman–Crippen MR) is 122 cm³/mol. The summed E-state index contributed by atoms with van der Waals surface area (Å²) in [6.45, 7) is 10.0. The molecule has 1 unspecified atom stereocenters. The van der Waals surface area contributed by atoms with Crippen molar-refractivity contribution in [3.63, 3.8) is 0 Å². The van der Waals surface area contributed by atoms with Gasteiger partial charge in [0.2, 0.25) is 5.91 Å². The second kappa shape index (κ2) is 8.97. The summed E-state index contributed by atoms with van der Waals surface area (Å²) in [5.41, 5.74) is 0.157. The van der Waals surface area contributed by atoms with Crippen LogP contribution in [0.15, 0.2) is 24.7 Å². The van der Waals surface area contributed by atoms with Gasteiger partial charge in [-0.05, 0) is 19.5 Å². The highest BCUT2D eigenvalue weighted by molar-refractivity contribution is 5.95. The Morgan fingerprint density at radius 2 is 2.03 bits per heavy atom. The Hall–Kier alpha value is -3.21. The fourth-order valence-corrected chi connectivity index (χ4v) is 4.29. The Balaban J connectivity index is 1.80. The van der Waals surface area contributed by atoms with E-state index in [1.54, 1.807) is 12.3 Å². The average Bonchev–Trinajstić information content (AvgIpc) is 3.38. The number of carbonyl (C=O) groups is 1. The van der Waals surface area contributed by atoms with E-state index in [1.165, 1.54) is 17.8 Å². The Kier molecular flexibility index (Phi) is 6.24. The summed E-state index contributed by atoms with van der Waals surface area (Å²) >= 11 is 0. The van der Waals surface area contributed by atoms with Crippen LogP contribution >= 0.6 is 0 Å². The van der Waals surface area contributed by atoms with Crippen molar-refractivity contribution in [3.05, 3.63) is 30.4 Å². The van der Waals surface area contributed by atoms with Gasteiger partial charge in [-0.2, -0.15) is 8.78 Å². The normalized spacial score (nSPS) is 16.7. The van der Waals surface area contributed by atoms with Crippen molar-refractivity contribution in [3.8, 4) is 5.82 Å². The van der Waals surface area contributed by atoms with E-state index in [1.807, 2.05) is 0 Å². The van der Waals surface area contributed by atoms with Crippen LogP contribution in [0.3, 0.4) is 0 Å². The number of nitrogens with zero attached hydrogens (tertiary/aromatic N) is 7. The molecule has 1 N–H and O–H groups in total. The quantitative estimate of drug-likeness (QED) is 0.581. The number of alkyl halides is 2. The molecule has 33 heavy (non-hydrogen) atoms. The Bertz CT molecular complexity index is 1150. The van der Waals surface area contributed by atoms with Crippen molar-refractivity contribution in [2.45, 2.75) is 46.1 Å². The molecule has 176 valence electrons. The van der Waals surface area contributed by atoms with Gasteiger partial charge < -0.3 is 10.2 Å². The van der Waals surface area contributed by atoms with Crippen LogP contribution in [0.1, 0.15) is 39.8 Å². The lowest BCUT2D eigenvalue weighted by Crippen LogP contribution is -2.37. The fraction of sp³-hybridized carbons (Fsp3) is 0.500. The molecule has 1 saturated heterocycles. The molecule has 0 saturated carbocycles. The summed E-state index contributed by atoms with van der Waals surface area (Å²) in [7, 11) is 0. The van der Waals surface area contributed by atoms with E-state index in [0.717, 1.165) is 51.1 Å². The zero-order valence-corrected chi connectivity index (χ0v) is 19.2. The Labute approximate surface area is 190 Å². The monoisotopic (exact) mass is 458 g/mol. The summed E-state index contributed by atoms with van der Waals surface area (Å²) in [5, 5.41) is 8.16. The first-order valence-corrected chi connectivity index (χ1v) is 11.1. The van der Waals surface area contributed by atoms with Gasteiger partial charge in [0.25, 0.3) is 5.92 Å². The number of anilines is 2. The predicted octanol–water partition coefficient (Wildman–Crippen LogP) is 3.20. The molecular formula is C22H28F2N8O. The lowest BCUT2D eigenvalue weighted by atomic mass is 10.2. The minimum absolute atomic E-state index is 0.171. The molecule has 0 bridgehead atoms. The minimum atomic E-state index is -3.14. The van der Waals surface area contributed by atoms with Gasteiger partial charge in [0.15, 0.2) is 11.6 Å². The van der Waals surface area contributed by atoms with Crippen LogP contribution < -0.4 is 10.2 Å². The number of nitrogens with one attached hydrogen (secondary N) is 1. The van der Waals surface area contributed by atoms with E-state index in [2.05, 4.69) is 43.9 Å². The summed E-state index contributed by atoms with van der Waals surface area (Å²) in [6.07, 6.45) is 5.10. The molecule has 3 aromatic rings. The van der Waals surface area contributed by atoms with E-state index in [9.17, 15) is 13.6 Å². The number of carbonyl (C=O) groups excluding carboxylic acids is 1. The fourth-order valence-electron chi connectivity index (χ4n) is 4.29. The van der Waals surface area contributed by atoms with E-state index >= 15 is 0 Å². The zero-order chi connectivity index (χ0) is 23.8. The smallest absolute Gasteiger partial charge is 0.288 e. The van der Waals surface area contributed by atoms with E-state index in [-0.39, 0.29) is 11.7 Å². The molecule has 0 radical (unpaired) electrons. The van der Waals surface area contributed by atoms with Gasteiger partial charge in [-0.3, -0.25) is 14.7 Å². The molecule has 1 fully saturated rings. The van der Waals surface area contributed by atoms with Gasteiger partial charge in [0.05, 0.1) is 23.3 Å². The van der Waals surface area contributed by atoms with Crippen molar-refractivity contribution in [2.75, 3.05) is 36.4 Å². The molecule has 11 heteroatoms. The van der Waals surface area contributed by atoms with Crippen molar-refractivity contribution >= 4 is 28.4 Å². The molecular weight excluding hydrogens is 430 g/mol. The van der Waals surface area contributed by atoms with Crippen LogP contribution in [-0.4, -0.2) is 67.8 Å². The second-order valence-corrected chi connectivity index (χ2v) is 8.26. The van der Waals surface area contributed by atoms with Crippen molar-refractivity contribution in [1.82, 2.24) is 29.6 Å². The molecule has 3 aromatic heterocycles. The molecule has 9 nitrogen and oxygen atoms in total. The lowest BCUT2D eigenvalue weighted by Gasteiger charge is -2.26. The first-order valence-electron chi connectivity index (χ1n) is 11.1. The van der Waals surface area contributed by atoms with Gasteiger partial charge >= 0.3 is 0 Å². The molecule has 0 aromatic carbocycles. The van der Waals surface area contributed by atoms with Gasteiger partial charge in [0, 0.05) is 45.2 Å². The largest absolute Gasteiger partial charge is 0.353 e. The molecule has 0 aliphatic carbocycles. The van der Waals surface area contributed by atoms with Crippen LogP contribution in [0.25, 0.3) is 16.7 Å². The number of hydrogen-bond acceptors (Lipinski definition) is 7. The molecule has 1 aliphatic heterocycles. The third kappa shape index (κ3) is 4.63. The highest BCUT2D eigenvalue weighted by Crippen LogP contribution is 2.32. The molecule has 1 amide bonds. The molecule has 1 aliphatic rings. The number of aromatic nitrogens is 5. The standard InChI is InChI=1S/C22H28F2N8O/c1-5-30(6-2)15-7-8-31(13-15)21-16-10-26-19(27-14(3)33)9-17(16)32(29-21)20-12-25-11-18(28-20)22(4,23)24/h9-12,15H,5-8,13H2,1-4H3,(H,26,27,33). The maximum atomic E-state index is 13.9. The van der Waals surface area contributed by atoms with E-state index < -0.39 is 11.6 Å². The van der Waals surface area contributed by atoms with Crippen molar-refractivity contribution in [2.24, 2.45) is 0 Å². The Morgan fingerprint density at radius 1 is 1.27 bits per heavy atom. The van der Waals surface area contributed by atoms with E-state index in [0.29, 0.717) is 23.2 Å². The lowest BCUT2D eigenvalue weighted by molar-refractivity contribution is -0.114. The first kappa shape index (κ1) is 23.0. The SMILES string of the molecule is CCN(CC)C1CCN(c2nn(-c3cncc(C(C)(F)F)n3)c3cc(NC(C)=O)ncc23)C1. The van der Waals surface area contributed by atoms with E-state index in [4.69, 9.17) is 5.10 Å². The van der Waals surface area contributed by atoms with Crippen LogP contribution in [-0.2, 0) is 10.7 Å².